The number of carbonyl (C=O) groups excluding carboxylic acids is 1. The van der Waals surface area contributed by atoms with Gasteiger partial charge in [-0.05, 0) is 45.7 Å². The van der Waals surface area contributed by atoms with Crippen LogP contribution in [0.4, 0.5) is 0 Å². The van der Waals surface area contributed by atoms with Crippen LogP contribution in [0.15, 0.2) is 29.4 Å². The maximum atomic E-state index is 12.7. The predicted molar refractivity (Wildman–Crippen MR) is 123 cm³/mol. The Bertz CT molecular complexity index is 923. The van der Waals surface area contributed by atoms with Gasteiger partial charge in [-0.2, -0.15) is 0 Å². The van der Waals surface area contributed by atoms with Crippen LogP contribution in [0.25, 0.3) is 5.65 Å². The Morgan fingerprint density at radius 3 is 2.55 bits per heavy atom. The zero-order chi connectivity index (χ0) is 21.8. The molecule has 0 spiro atoms. The van der Waals surface area contributed by atoms with E-state index in [2.05, 4.69) is 52.6 Å². The summed E-state index contributed by atoms with van der Waals surface area (Å²) in [5.74, 6) is 1.21. The Hall–Kier alpha value is -2.61. The van der Waals surface area contributed by atoms with E-state index in [1.54, 1.807) is 0 Å². The second kappa shape index (κ2) is 9.68. The van der Waals surface area contributed by atoms with Crippen LogP contribution in [0.5, 0.6) is 0 Å². The average Bonchev–Trinajstić information content (AvgIpc) is 3.46. The summed E-state index contributed by atoms with van der Waals surface area (Å²) >= 11 is 0. The monoisotopic (exact) mass is 425 g/mol. The number of fused-ring (bicyclic) bond motifs is 1. The molecule has 0 bridgehead atoms. The van der Waals surface area contributed by atoms with E-state index in [0.29, 0.717) is 6.54 Å². The van der Waals surface area contributed by atoms with Crippen molar-refractivity contribution in [3.8, 4) is 0 Å². The first kappa shape index (κ1) is 21.6. The molecule has 8 nitrogen and oxygen atoms in total. The van der Waals surface area contributed by atoms with Gasteiger partial charge in [0.25, 0.3) is 0 Å². The molecular weight excluding hydrogens is 390 g/mol. The summed E-state index contributed by atoms with van der Waals surface area (Å²) in [5.41, 5.74) is 3.09. The fourth-order valence-electron chi connectivity index (χ4n) is 4.54. The van der Waals surface area contributed by atoms with Gasteiger partial charge in [0, 0.05) is 57.7 Å². The van der Waals surface area contributed by atoms with Crippen LogP contribution >= 0.6 is 0 Å². The Balaban J connectivity index is 1.37. The van der Waals surface area contributed by atoms with Crippen molar-refractivity contribution in [2.75, 3.05) is 45.8 Å². The zero-order valence-electron chi connectivity index (χ0n) is 19.0. The van der Waals surface area contributed by atoms with Gasteiger partial charge in [-0.15, -0.1) is 0 Å². The first-order chi connectivity index (χ1) is 15.1. The van der Waals surface area contributed by atoms with Crippen molar-refractivity contribution in [3.63, 3.8) is 0 Å². The molecule has 1 N–H and O–H groups in total. The summed E-state index contributed by atoms with van der Waals surface area (Å²) in [7, 11) is 0. The molecule has 2 aromatic heterocycles. The SMILES string of the molecule is CCNC(=NCc1cn2c(C)cccc2n1)N1CCN(C(C)C(=O)N2CCCC2)CC1. The molecular formula is C23H35N7O. The molecule has 31 heavy (non-hydrogen) atoms. The third kappa shape index (κ3) is 4.84. The van der Waals surface area contributed by atoms with E-state index < -0.39 is 0 Å². The van der Waals surface area contributed by atoms with E-state index in [-0.39, 0.29) is 11.9 Å². The van der Waals surface area contributed by atoms with Crippen LogP contribution < -0.4 is 5.32 Å². The van der Waals surface area contributed by atoms with Gasteiger partial charge in [0.05, 0.1) is 18.3 Å². The van der Waals surface area contributed by atoms with Gasteiger partial charge >= 0.3 is 0 Å². The van der Waals surface area contributed by atoms with Crippen molar-refractivity contribution in [2.45, 2.75) is 46.2 Å². The lowest BCUT2D eigenvalue weighted by atomic mass is 10.2. The summed E-state index contributed by atoms with van der Waals surface area (Å²) in [5, 5.41) is 3.43. The maximum absolute atomic E-state index is 12.7. The highest BCUT2D eigenvalue weighted by molar-refractivity contribution is 5.82. The van der Waals surface area contributed by atoms with Gasteiger partial charge in [0.1, 0.15) is 5.65 Å². The number of nitrogens with one attached hydrogen (secondary N) is 1. The number of piperazine rings is 1. The number of imidazole rings is 1. The minimum atomic E-state index is -0.0408. The third-order valence-electron chi connectivity index (χ3n) is 6.41. The second-order valence-corrected chi connectivity index (χ2v) is 8.53. The van der Waals surface area contributed by atoms with Crippen molar-refractivity contribution >= 4 is 17.5 Å². The number of nitrogens with zero attached hydrogens (tertiary/aromatic N) is 6. The fraction of sp³-hybridized carbons (Fsp3) is 0.609. The van der Waals surface area contributed by atoms with Crippen molar-refractivity contribution in [1.29, 1.82) is 0 Å². The number of rotatable bonds is 5. The Morgan fingerprint density at radius 1 is 1.13 bits per heavy atom. The molecule has 1 atom stereocenters. The van der Waals surface area contributed by atoms with Crippen LogP contribution in [0.1, 0.15) is 38.1 Å². The zero-order valence-corrected chi connectivity index (χ0v) is 19.0. The summed E-state index contributed by atoms with van der Waals surface area (Å²) < 4.78 is 2.11. The van der Waals surface area contributed by atoms with E-state index in [1.807, 2.05) is 17.0 Å². The van der Waals surface area contributed by atoms with Crippen LogP contribution in [0, 0.1) is 6.92 Å². The minimum Gasteiger partial charge on any atom is -0.357 e. The first-order valence-corrected chi connectivity index (χ1v) is 11.6. The van der Waals surface area contributed by atoms with Crippen LogP contribution in [0.3, 0.4) is 0 Å². The number of likely N-dealkylation sites (tertiary alicyclic amines) is 1. The molecule has 168 valence electrons. The summed E-state index contributed by atoms with van der Waals surface area (Å²) in [6.07, 6.45) is 4.35. The Morgan fingerprint density at radius 2 is 1.87 bits per heavy atom. The number of aryl methyl sites for hydroxylation is 1. The quantitative estimate of drug-likeness (QED) is 0.584. The molecule has 2 aliphatic rings. The van der Waals surface area contributed by atoms with Crippen molar-refractivity contribution < 1.29 is 4.79 Å². The topological polar surface area (TPSA) is 68.5 Å². The van der Waals surface area contributed by atoms with Crippen LogP contribution in [-0.2, 0) is 11.3 Å². The number of guanidine groups is 1. The lowest BCUT2D eigenvalue weighted by molar-refractivity contribution is -0.135. The van der Waals surface area contributed by atoms with E-state index in [4.69, 9.17) is 9.98 Å². The van der Waals surface area contributed by atoms with Crippen LogP contribution in [0.2, 0.25) is 0 Å². The molecule has 0 radical (unpaired) electrons. The number of amides is 1. The Kier molecular flexibility index (Phi) is 6.75. The minimum absolute atomic E-state index is 0.0408. The van der Waals surface area contributed by atoms with Gasteiger partial charge in [0.15, 0.2) is 5.96 Å². The summed E-state index contributed by atoms with van der Waals surface area (Å²) in [4.78, 5) is 28.9. The molecule has 0 aromatic carbocycles. The molecule has 2 aliphatic heterocycles. The summed E-state index contributed by atoms with van der Waals surface area (Å²) in [6.45, 7) is 12.9. The molecule has 4 heterocycles. The van der Waals surface area contributed by atoms with Crippen molar-refractivity contribution in [3.05, 3.63) is 35.8 Å². The predicted octanol–water partition coefficient (Wildman–Crippen LogP) is 1.74. The smallest absolute Gasteiger partial charge is 0.239 e. The van der Waals surface area contributed by atoms with Gasteiger partial charge < -0.3 is 19.5 Å². The number of pyridine rings is 1. The van der Waals surface area contributed by atoms with E-state index >= 15 is 0 Å². The van der Waals surface area contributed by atoms with Crippen molar-refractivity contribution in [1.82, 2.24) is 29.4 Å². The van der Waals surface area contributed by atoms with Crippen molar-refractivity contribution in [2.24, 2.45) is 4.99 Å². The van der Waals surface area contributed by atoms with E-state index in [9.17, 15) is 4.79 Å². The molecule has 8 heteroatoms. The highest BCUT2D eigenvalue weighted by Gasteiger charge is 2.30. The molecule has 0 saturated carbocycles. The van der Waals surface area contributed by atoms with E-state index in [0.717, 1.165) is 76.0 Å². The molecule has 2 aromatic rings. The average molecular weight is 426 g/mol. The molecule has 2 fully saturated rings. The molecule has 1 unspecified atom stereocenters. The molecule has 1 amide bonds. The van der Waals surface area contributed by atoms with Gasteiger partial charge in [-0.25, -0.2) is 9.98 Å². The standard InChI is InChI=1S/C23H35N7O/c1-4-24-23(25-16-20-17-30-18(2)8-7-9-21(30)26-20)29-14-12-27(13-15-29)19(3)22(31)28-10-5-6-11-28/h7-9,17,19H,4-6,10-16H2,1-3H3,(H,24,25). The largest absolute Gasteiger partial charge is 0.357 e. The fourth-order valence-corrected chi connectivity index (χ4v) is 4.54. The van der Waals surface area contributed by atoms with Gasteiger partial charge in [0.2, 0.25) is 5.91 Å². The highest BCUT2D eigenvalue weighted by atomic mass is 16.2. The van der Waals surface area contributed by atoms with E-state index in [1.165, 1.54) is 5.69 Å². The maximum Gasteiger partial charge on any atom is 0.239 e. The first-order valence-electron chi connectivity index (χ1n) is 11.6. The van der Waals surface area contributed by atoms with Gasteiger partial charge in [-0.3, -0.25) is 9.69 Å². The lowest BCUT2D eigenvalue weighted by Gasteiger charge is -2.39. The molecule has 2 saturated heterocycles. The number of hydrogen-bond acceptors (Lipinski definition) is 4. The summed E-state index contributed by atoms with van der Waals surface area (Å²) in [6, 6.07) is 6.10. The highest BCUT2D eigenvalue weighted by Crippen LogP contribution is 2.14. The third-order valence-corrected chi connectivity index (χ3v) is 6.41. The normalized spacial score (nSPS) is 19.3. The number of aromatic nitrogens is 2. The number of carbonyl (C=O) groups is 1. The molecule has 4 rings (SSSR count). The second-order valence-electron chi connectivity index (χ2n) is 8.53. The lowest BCUT2D eigenvalue weighted by Crippen LogP contribution is -2.57. The number of aliphatic imine (C=N–C) groups is 1. The Labute approximate surface area is 184 Å². The number of hydrogen-bond donors (Lipinski definition) is 1. The van der Waals surface area contributed by atoms with Gasteiger partial charge in [-0.1, -0.05) is 6.07 Å². The molecule has 0 aliphatic carbocycles. The van der Waals surface area contributed by atoms with Crippen LogP contribution in [-0.4, -0.2) is 87.8 Å².